The summed E-state index contributed by atoms with van der Waals surface area (Å²) in [5.41, 5.74) is 1.41. The van der Waals surface area contributed by atoms with E-state index in [0.29, 0.717) is 21.4 Å². The molecule has 0 aliphatic carbocycles. The Balaban J connectivity index is 2.00. The van der Waals surface area contributed by atoms with Crippen LogP contribution in [0, 0.1) is 0 Å². The topological polar surface area (TPSA) is 47.9 Å². The van der Waals surface area contributed by atoms with Gasteiger partial charge in [-0.05, 0) is 30.3 Å². The molecule has 0 saturated carbocycles. The fourth-order valence-electron chi connectivity index (χ4n) is 2.12. The molecule has 1 aliphatic heterocycles. The van der Waals surface area contributed by atoms with Gasteiger partial charge in [0.05, 0.1) is 17.7 Å². The van der Waals surface area contributed by atoms with Crippen molar-refractivity contribution in [2.45, 2.75) is 0 Å². The zero-order valence-electron chi connectivity index (χ0n) is 12.0. The lowest BCUT2D eigenvalue weighted by molar-refractivity contribution is -0.129. The van der Waals surface area contributed by atoms with Gasteiger partial charge in [-0.2, -0.15) is 0 Å². The number of rotatable bonds is 3. The maximum Gasteiger partial charge on any atom is 0.363 e. The van der Waals surface area contributed by atoms with Crippen molar-refractivity contribution in [3.05, 3.63) is 69.3 Å². The van der Waals surface area contributed by atoms with Gasteiger partial charge in [0.2, 0.25) is 5.90 Å². The maximum atomic E-state index is 12.0. The summed E-state index contributed by atoms with van der Waals surface area (Å²) in [4.78, 5) is 16.2. The van der Waals surface area contributed by atoms with Crippen LogP contribution in [0.3, 0.4) is 0 Å². The van der Waals surface area contributed by atoms with Crippen molar-refractivity contribution in [1.82, 2.24) is 0 Å². The summed E-state index contributed by atoms with van der Waals surface area (Å²) < 4.78 is 10.5. The van der Waals surface area contributed by atoms with Gasteiger partial charge in [-0.25, -0.2) is 9.79 Å². The molecular weight excluding hydrogens is 337 g/mol. The molecule has 0 bridgehead atoms. The minimum absolute atomic E-state index is 0.151. The SMILES string of the molecule is COc1ccccc1/C=C1\N=C(c2ccc(Cl)cc2Cl)OC1=O. The molecule has 6 heteroatoms. The fourth-order valence-corrected chi connectivity index (χ4v) is 2.61. The van der Waals surface area contributed by atoms with E-state index in [-0.39, 0.29) is 11.6 Å². The van der Waals surface area contributed by atoms with Crippen LogP contribution >= 0.6 is 23.2 Å². The van der Waals surface area contributed by atoms with Crippen LogP contribution in [0.4, 0.5) is 0 Å². The average molecular weight is 348 g/mol. The van der Waals surface area contributed by atoms with Crippen LogP contribution in [0.1, 0.15) is 11.1 Å². The summed E-state index contributed by atoms with van der Waals surface area (Å²) in [5.74, 6) is 0.246. The Morgan fingerprint density at radius 3 is 2.70 bits per heavy atom. The van der Waals surface area contributed by atoms with Gasteiger partial charge >= 0.3 is 5.97 Å². The van der Waals surface area contributed by atoms with Crippen molar-refractivity contribution in [1.29, 1.82) is 0 Å². The standard InChI is InChI=1S/C17H11Cl2NO3/c1-22-15-5-3-2-4-10(15)8-14-17(21)23-16(20-14)12-7-6-11(18)9-13(12)19/h2-9H,1H3/b14-8-. The second-order valence-corrected chi connectivity index (χ2v) is 5.55. The molecule has 1 heterocycles. The van der Waals surface area contributed by atoms with Crippen molar-refractivity contribution >= 4 is 41.1 Å². The van der Waals surface area contributed by atoms with E-state index in [9.17, 15) is 4.79 Å². The number of carbonyl (C=O) groups excluding carboxylic acids is 1. The van der Waals surface area contributed by atoms with Gasteiger partial charge in [0.25, 0.3) is 0 Å². The van der Waals surface area contributed by atoms with E-state index >= 15 is 0 Å². The van der Waals surface area contributed by atoms with Crippen LogP contribution < -0.4 is 4.74 Å². The number of nitrogens with zero attached hydrogens (tertiary/aromatic N) is 1. The lowest BCUT2D eigenvalue weighted by atomic mass is 10.1. The summed E-state index contributed by atoms with van der Waals surface area (Å²) in [6.07, 6.45) is 1.61. The first-order chi connectivity index (χ1) is 11.1. The number of esters is 1. The molecular formula is C17H11Cl2NO3. The van der Waals surface area contributed by atoms with Gasteiger partial charge in [-0.3, -0.25) is 0 Å². The summed E-state index contributed by atoms with van der Waals surface area (Å²) in [6, 6.07) is 12.2. The van der Waals surface area contributed by atoms with Gasteiger partial charge in [0, 0.05) is 10.6 Å². The maximum absolute atomic E-state index is 12.0. The molecule has 116 valence electrons. The van der Waals surface area contributed by atoms with E-state index in [1.807, 2.05) is 18.2 Å². The first kappa shape index (κ1) is 15.6. The molecule has 4 nitrogen and oxygen atoms in total. The van der Waals surface area contributed by atoms with E-state index in [2.05, 4.69) is 4.99 Å². The van der Waals surface area contributed by atoms with Crippen molar-refractivity contribution in [3.8, 4) is 5.75 Å². The second-order valence-electron chi connectivity index (χ2n) is 4.70. The van der Waals surface area contributed by atoms with Gasteiger partial charge < -0.3 is 9.47 Å². The molecule has 0 saturated heterocycles. The minimum atomic E-state index is -0.545. The van der Waals surface area contributed by atoms with E-state index in [1.54, 1.807) is 37.5 Å². The van der Waals surface area contributed by atoms with Crippen molar-refractivity contribution in [2.24, 2.45) is 4.99 Å². The Hall–Kier alpha value is -2.30. The van der Waals surface area contributed by atoms with Crippen LogP contribution in [-0.4, -0.2) is 19.0 Å². The molecule has 3 rings (SSSR count). The highest BCUT2D eigenvalue weighted by atomic mass is 35.5. The highest BCUT2D eigenvalue weighted by Crippen LogP contribution is 2.27. The third kappa shape index (κ3) is 3.23. The Bertz CT molecular complexity index is 843. The summed E-state index contributed by atoms with van der Waals surface area (Å²) >= 11 is 12.0. The van der Waals surface area contributed by atoms with Gasteiger partial charge in [0.15, 0.2) is 5.70 Å². The lowest BCUT2D eigenvalue weighted by Crippen LogP contribution is -2.05. The van der Waals surface area contributed by atoms with Crippen LogP contribution in [0.15, 0.2) is 53.2 Å². The normalized spacial score (nSPS) is 15.5. The second kappa shape index (κ2) is 6.44. The summed E-state index contributed by atoms with van der Waals surface area (Å²) in [5, 5.41) is 0.857. The number of aliphatic imine (C=N–C) groups is 1. The number of ether oxygens (including phenoxy) is 2. The van der Waals surface area contributed by atoms with Crippen molar-refractivity contribution in [2.75, 3.05) is 7.11 Å². The van der Waals surface area contributed by atoms with Gasteiger partial charge in [0.1, 0.15) is 5.75 Å². The lowest BCUT2D eigenvalue weighted by Gasteiger charge is -2.03. The highest BCUT2D eigenvalue weighted by Gasteiger charge is 2.26. The fraction of sp³-hybridized carbons (Fsp3) is 0.0588. The zero-order valence-corrected chi connectivity index (χ0v) is 13.6. The Labute approximate surface area is 143 Å². The quantitative estimate of drug-likeness (QED) is 0.612. The first-order valence-corrected chi connectivity index (χ1v) is 7.45. The number of cyclic esters (lactones) is 1. The van der Waals surface area contributed by atoms with Crippen LogP contribution in [0.5, 0.6) is 5.75 Å². The smallest absolute Gasteiger partial charge is 0.363 e. The number of para-hydroxylation sites is 1. The molecule has 0 radical (unpaired) electrons. The molecule has 0 unspecified atom stereocenters. The molecule has 2 aromatic carbocycles. The van der Waals surface area contributed by atoms with Gasteiger partial charge in [-0.15, -0.1) is 0 Å². The monoisotopic (exact) mass is 347 g/mol. The van der Waals surface area contributed by atoms with E-state index in [1.165, 1.54) is 0 Å². The first-order valence-electron chi connectivity index (χ1n) is 6.69. The molecule has 0 atom stereocenters. The molecule has 0 N–H and O–H groups in total. The number of hydrogen-bond donors (Lipinski definition) is 0. The molecule has 0 amide bonds. The average Bonchev–Trinajstić information content (AvgIpc) is 2.88. The minimum Gasteiger partial charge on any atom is -0.496 e. The van der Waals surface area contributed by atoms with Crippen LogP contribution in [-0.2, 0) is 9.53 Å². The van der Waals surface area contributed by atoms with Crippen LogP contribution in [0.2, 0.25) is 10.0 Å². The summed E-state index contributed by atoms with van der Waals surface area (Å²) in [7, 11) is 1.56. The highest BCUT2D eigenvalue weighted by molar-refractivity contribution is 6.37. The number of hydrogen-bond acceptors (Lipinski definition) is 4. The zero-order chi connectivity index (χ0) is 16.4. The predicted molar refractivity (Wildman–Crippen MR) is 90.1 cm³/mol. The number of carbonyl (C=O) groups is 1. The Morgan fingerprint density at radius 2 is 1.96 bits per heavy atom. The molecule has 2 aromatic rings. The molecule has 23 heavy (non-hydrogen) atoms. The van der Waals surface area contributed by atoms with E-state index < -0.39 is 5.97 Å². The largest absolute Gasteiger partial charge is 0.496 e. The molecule has 0 aromatic heterocycles. The Morgan fingerprint density at radius 1 is 1.17 bits per heavy atom. The molecule has 0 fully saturated rings. The number of methoxy groups -OCH3 is 1. The molecule has 0 spiro atoms. The summed E-state index contributed by atoms with van der Waals surface area (Å²) in [6.45, 7) is 0. The third-order valence-electron chi connectivity index (χ3n) is 3.21. The van der Waals surface area contributed by atoms with Crippen molar-refractivity contribution < 1.29 is 14.3 Å². The van der Waals surface area contributed by atoms with Crippen molar-refractivity contribution in [3.63, 3.8) is 0 Å². The van der Waals surface area contributed by atoms with Crippen LogP contribution in [0.25, 0.3) is 6.08 Å². The number of halogens is 2. The Kier molecular flexibility index (Phi) is 4.37. The van der Waals surface area contributed by atoms with Gasteiger partial charge in [-0.1, -0.05) is 41.4 Å². The molecule has 1 aliphatic rings. The van der Waals surface area contributed by atoms with E-state index in [0.717, 1.165) is 5.56 Å². The number of benzene rings is 2. The third-order valence-corrected chi connectivity index (χ3v) is 3.76. The predicted octanol–water partition coefficient (Wildman–Crippen LogP) is 4.35. The van der Waals surface area contributed by atoms with E-state index in [4.69, 9.17) is 32.7 Å².